The molecule has 35 heavy (non-hydrogen) atoms. The van der Waals surface area contributed by atoms with Crippen molar-refractivity contribution in [3.8, 4) is 39.5 Å². The number of hydrogen-bond donors (Lipinski definition) is 2. The second kappa shape index (κ2) is 8.81. The van der Waals surface area contributed by atoms with Crippen LogP contribution in [0.2, 0.25) is 0 Å². The molecular formula is C32H31NO2. The Labute approximate surface area is 207 Å². The predicted molar refractivity (Wildman–Crippen MR) is 143 cm³/mol. The molecule has 0 aromatic heterocycles. The van der Waals surface area contributed by atoms with Gasteiger partial charge >= 0.3 is 0 Å². The number of benzene rings is 4. The Kier molecular flexibility index (Phi) is 5.49. The van der Waals surface area contributed by atoms with Crippen molar-refractivity contribution in [3.63, 3.8) is 0 Å². The molecule has 0 radical (unpaired) electrons. The van der Waals surface area contributed by atoms with Crippen LogP contribution in [-0.4, -0.2) is 5.11 Å². The summed E-state index contributed by atoms with van der Waals surface area (Å²) in [5.41, 5.74) is 16.9. The first kappa shape index (κ1) is 21.8. The SMILES string of the molecule is Cc1cc2c(c(-c3ccccc3Oc3ccc(N)c(O)c3)c1)-c1c(cccc1C1CCCCC1)C2. The Balaban J connectivity index is 1.50. The van der Waals surface area contributed by atoms with Gasteiger partial charge in [-0.1, -0.05) is 73.4 Å². The predicted octanol–water partition coefficient (Wildman–Crippen LogP) is 8.36. The fourth-order valence-electron chi connectivity index (χ4n) is 6.03. The molecule has 0 heterocycles. The molecule has 1 saturated carbocycles. The van der Waals surface area contributed by atoms with Crippen LogP contribution in [0.3, 0.4) is 0 Å². The second-order valence-electron chi connectivity index (χ2n) is 10.1. The van der Waals surface area contributed by atoms with Gasteiger partial charge in [-0.15, -0.1) is 0 Å². The lowest BCUT2D eigenvalue weighted by atomic mass is 9.79. The molecule has 6 rings (SSSR count). The van der Waals surface area contributed by atoms with E-state index < -0.39 is 0 Å². The lowest BCUT2D eigenvalue weighted by Crippen LogP contribution is -2.06. The van der Waals surface area contributed by atoms with Gasteiger partial charge in [-0.05, 0) is 83.7 Å². The Morgan fingerprint density at radius 3 is 2.46 bits per heavy atom. The number of anilines is 1. The van der Waals surface area contributed by atoms with Crippen LogP contribution in [-0.2, 0) is 6.42 Å². The van der Waals surface area contributed by atoms with E-state index in [1.807, 2.05) is 12.1 Å². The molecule has 0 unspecified atom stereocenters. The van der Waals surface area contributed by atoms with Gasteiger partial charge in [0.1, 0.15) is 17.2 Å². The summed E-state index contributed by atoms with van der Waals surface area (Å²) in [5, 5.41) is 10.1. The highest BCUT2D eigenvalue weighted by atomic mass is 16.5. The first-order valence-electron chi connectivity index (χ1n) is 12.7. The van der Waals surface area contributed by atoms with E-state index in [0.29, 0.717) is 17.4 Å². The highest BCUT2D eigenvalue weighted by Crippen LogP contribution is 2.50. The lowest BCUT2D eigenvalue weighted by Gasteiger charge is -2.25. The van der Waals surface area contributed by atoms with E-state index in [-0.39, 0.29) is 5.75 Å². The number of para-hydroxylation sites is 1. The molecular weight excluding hydrogens is 430 g/mol. The molecule has 4 aromatic carbocycles. The summed E-state index contributed by atoms with van der Waals surface area (Å²) in [4.78, 5) is 0. The fourth-order valence-corrected chi connectivity index (χ4v) is 6.03. The quantitative estimate of drug-likeness (QED) is 0.209. The molecule has 0 aliphatic heterocycles. The van der Waals surface area contributed by atoms with Gasteiger partial charge in [0.15, 0.2) is 0 Å². The van der Waals surface area contributed by atoms with Gasteiger partial charge in [0.25, 0.3) is 0 Å². The number of phenols is 1. The van der Waals surface area contributed by atoms with E-state index in [1.165, 1.54) is 71.0 Å². The summed E-state index contributed by atoms with van der Waals surface area (Å²) >= 11 is 0. The minimum atomic E-state index is 0.0301. The van der Waals surface area contributed by atoms with Crippen molar-refractivity contribution in [2.24, 2.45) is 0 Å². The summed E-state index contributed by atoms with van der Waals surface area (Å²) in [7, 11) is 0. The summed E-state index contributed by atoms with van der Waals surface area (Å²) in [5.74, 6) is 2.01. The normalized spacial score (nSPS) is 15.0. The molecule has 1 fully saturated rings. The molecule has 0 saturated heterocycles. The van der Waals surface area contributed by atoms with E-state index >= 15 is 0 Å². The van der Waals surface area contributed by atoms with E-state index in [0.717, 1.165) is 17.7 Å². The van der Waals surface area contributed by atoms with Gasteiger partial charge in [-0.2, -0.15) is 0 Å². The van der Waals surface area contributed by atoms with Crippen LogP contribution in [0.25, 0.3) is 22.3 Å². The Morgan fingerprint density at radius 2 is 1.63 bits per heavy atom. The lowest BCUT2D eigenvalue weighted by molar-refractivity contribution is 0.444. The maximum Gasteiger partial charge on any atom is 0.142 e. The zero-order chi connectivity index (χ0) is 23.9. The van der Waals surface area contributed by atoms with Crippen molar-refractivity contribution < 1.29 is 9.84 Å². The smallest absolute Gasteiger partial charge is 0.142 e. The molecule has 0 amide bonds. The second-order valence-corrected chi connectivity index (χ2v) is 10.1. The fraction of sp³-hybridized carbons (Fsp3) is 0.250. The highest BCUT2D eigenvalue weighted by molar-refractivity contribution is 5.94. The third-order valence-corrected chi connectivity index (χ3v) is 7.63. The topological polar surface area (TPSA) is 55.5 Å². The zero-order valence-corrected chi connectivity index (χ0v) is 20.2. The highest BCUT2D eigenvalue weighted by Gasteiger charge is 2.29. The van der Waals surface area contributed by atoms with Crippen LogP contribution in [0, 0.1) is 6.92 Å². The Hall–Kier alpha value is -3.72. The van der Waals surface area contributed by atoms with Crippen LogP contribution in [0.1, 0.15) is 60.3 Å². The minimum Gasteiger partial charge on any atom is -0.506 e. The number of phenolic OH excluding ortho intramolecular Hbond substituents is 1. The maximum atomic E-state index is 10.1. The van der Waals surface area contributed by atoms with Gasteiger partial charge in [-0.3, -0.25) is 0 Å². The maximum absolute atomic E-state index is 10.1. The van der Waals surface area contributed by atoms with Crippen molar-refractivity contribution in [2.75, 3.05) is 5.73 Å². The largest absolute Gasteiger partial charge is 0.506 e. The van der Waals surface area contributed by atoms with Crippen molar-refractivity contribution in [1.29, 1.82) is 0 Å². The molecule has 176 valence electrons. The minimum absolute atomic E-state index is 0.0301. The monoisotopic (exact) mass is 461 g/mol. The summed E-state index contributed by atoms with van der Waals surface area (Å²) in [6.45, 7) is 2.18. The summed E-state index contributed by atoms with van der Waals surface area (Å²) in [6.07, 6.45) is 7.56. The number of nitrogen functional groups attached to an aromatic ring is 1. The van der Waals surface area contributed by atoms with Crippen LogP contribution < -0.4 is 10.5 Å². The standard InChI is InChI=1S/C32H31NO2/c1-20-16-23-18-22-10-7-12-25(21-8-3-2-4-9-21)31(22)32(23)27(17-20)26-11-5-6-13-30(26)35-24-14-15-28(33)29(34)19-24/h5-7,10-17,19,21,34H,2-4,8-9,18,33H2,1H3. The van der Waals surface area contributed by atoms with Crippen LogP contribution in [0.15, 0.2) is 72.8 Å². The molecule has 2 aliphatic rings. The summed E-state index contributed by atoms with van der Waals surface area (Å²) < 4.78 is 6.32. The van der Waals surface area contributed by atoms with Crippen molar-refractivity contribution in [1.82, 2.24) is 0 Å². The Bertz CT molecular complexity index is 1420. The van der Waals surface area contributed by atoms with Gasteiger partial charge in [0, 0.05) is 11.6 Å². The molecule has 3 N–H and O–H groups in total. The van der Waals surface area contributed by atoms with E-state index in [4.69, 9.17) is 10.5 Å². The number of fused-ring (bicyclic) bond motifs is 3. The molecule has 0 bridgehead atoms. The van der Waals surface area contributed by atoms with Gasteiger partial charge in [0.2, 0.25) is 0 Å². The number of aromatic hydroxyl groups is 1. The third-order valence-electron chi connectivity index (χ3n) is 7.63. The number of aryl methyl sites for hydroxylation is 1. The molecule has 0 spiro atoms. The molecule has 4 aromatic rings. The van der Waals surface area contributed by atoms with Crippen LogP contribution in [0.5, 0.6) is 17.2 Å². The first-order valence-corrected chi connectivity index (χ1v) is 12.7. The molecule has 3 heteroatoms. The van der Waals surface area contributed by atoms with E-state index in [9.17, 15) is 5.11 Å². The Morgan fingerprint density at radius 1 is 0.800 bits per heavy atom. The molecule has 3 nitrogen and oxygen atoms in total. The van der Waals surface area contributed by atoms with Crippen molar-refractivity contribution in [2.45, 2.75) is 51.4 Å². The number of hydrogen-bond acceptors (Lipinski definition) is 3. The average Bonchev–Trinajstić information content (AvgIpc) is 3.25. The number of rotatable bonds is 4. The van der Waals surface area contributed by atoms with Crippen molar-refractivity contribution >= 4 is 5.69 Å². The van der Waals surface area contributed by atoms with Crippen LogP contribution >= 0.6 is 0 Å². The van der Waals surface area contributed by atoms with Gasteiger partial charge in [-0.25, -0.2) is 0 Å². The third kappa shape index (κ3) is 3.95. The average molecular weight is 462 g/mol. The van der Waals surface area contributed by atoms with Crippen LogP contribution in [0.4, 0.5) is 5.69 Å². The van der Waals surface area contributed by atoms with E-state index in [2.05, 4.69) is 49.4 Å². The van der Waals surface area contributed by atoms with Gasteiger partial charge < -0.3 is 15.6 Å². The first-order chi connectivity index (χ1) is 17.1. The van der Waals surface area contributed by atoms with E-state index in [1.54, 1.807) is 18.2 Å². The summed E-state index contributed by atoms with van der Waals surface area (Å²) in [6, 6.07) is 24.8. The molecule has 2 aliphatic carbocycles. The van der Waals surface area contributed by atoms with Crippen molar-refractivity contribution in [3.05, 3.63) is 95.1 Å². The zero-order valence-electron chi connectivity index (χ0n) is 20.2. The number of ether oxygens (including phenoxy) is 1. The molecule has 0 atom stereocenters. The number of nitrogens with two attached hydrogens (primary N) is 1. The van der Waals surface area contributed by atoms with Gasteiger partial charge in [0.05, 0.1) is 5.69 Å².